The van der Waals surface area contributed by atoms with Gasteiger partial charge in [-0.3, -0.25) is 0 Å². The predicted molar refractivity (Wildman–Crippen MR) is 70.6 cm³/mol. The van der Waals surface area contributed by atoms with E-state index in [4.69, 9.17) is 39.5 Å². The molecule has 0 N–H and O–H groups in total. The minimum absolute atomic E-state index is 0.0984. The third kappa shape index (κ3) is 2.83. The van der Waals surface area contributed by atoms with Gasteiger partial charge in [-0.1, -0.05) is 62.9 Å². The summed E-state index contributed by atoms with van der Waals surface area (Å²) >= 11 is 20.4. The van der Waals surface area contributed by atoms with Gasteiger partial charge in [-0.05, 0) is 17.7 Å². The van der Waals surface area contributed by atoms with Crippen LogP contribution in [0, 0.1) is 0 Å². The maximum absolute atomic E-state index is 5.69. The zero-order valence-electron chi connectivity index (χ0n) is 7.96. The van der Waals surface area contributed by atoms with Crippen LogP contribution in [0.1, 0.15) is 11.6 Å². The van der Waals surface area contributed by atoms with Crippen molar-refractivity contribution in [3.8, 4) is 0 Å². The van der Waals surface area contributed by atoms with E-state index in [9.17, 15) is 0 Å². The molecular formula is C10H7BrCl3NO. The molecule has 2 rings (SSSR count). The Morgan fingerprint density at radius 1 is 1.25 bits per heavy atom. The van der Waals surface area contributed by atoms with Crippen LogP contribution in [-0.4, -0.2) is 16.3 Å². The van der Waals surface area contributed by atoms with Gasteiger partial charge in [-0.25, -0.2) is 4.99 Å². The van der Waals surface area contributed by atoms with Crippen molar-refractivity contribution in [2.24, 2.45) is 4.99 Å². The van der Waals surface area contributed by atoms with E-state index in [-0.39, 0.29) is 11.9 Å². The van der Waals surface area contributed by atoms with Crippen LogP contribution < -0.4 is 0 Å². The molecule has 16 heavy (non-hydrogen) atoms. The lowest BCUT2D eigenvalue weighted by Gasteiger charge is -2.08. The van der Waals surface area contributed by atoms with Gasteiger partial charge in [-0.2, -0.15) is 0 Å². The minimum atomic E-state index is -1.58. The van der Waals surface area contributed by atoms with Crippen LogP contribution in [0.3, 0.4) is 0 Å². The molecule has 0 radical (unpaired) electrons. The van der Waals surface area contributed by atoms with E-state index in [2.05, 4.69) is 20.9 Å². The lowest BCUT2D eigenvalue weighted by molar-refractivity contribution is 0.314. The molecule has 6 heteroatoms. The SMILES string of the molecule is ClC(Cl)(Cl)C1=NC(c2ccc(Br)cc2)CO1. The van der Waals surface area contributed by atoms with Crippen LogP contribution in [0.15, 0.2) is 33.7 Å². The van der Waals surface area contributed by atoms with Crippen LogP contribution in [0.25, 0.3) is 0 Å². The summed E-state index contributed by atoms with van der Waals surface area (Å²) < 4.78 is 4.69. The smallest absolute Gasteiger partial charge is 0.266 e. The Kier molecular flexibility index (Phi) is 3.69. The molecule has 0 aromatic heterocycles. The number of hydrogen-bond donors (Lipinski definition) is 0. The summed E-state index contributed by atoms with van der Waals surface area (Å²) in [7, 11) is 0. The number of alkyl halides is 3. The highest BCUT2D eigenvalue weighted by atomic mass is 79.9. The molecule has 0 saturated heterocycles. The highest BCUT2D eigenvalue weighted by molar-refractivity contribution is 9.10. The van der Waals surface area contributed by atoms with Crippen molar-refractivity contribution < 1.29 is 4.74 Å². The third-order valence-electron chi connectivity index (χ3n) is 2.15. The van der Waals surface area contributed by atoms with E-state index in [0.717, 1.165) is 10.0 Å². The molecule has 1 atom stereocenters. The second-order valence-corrected chi connectivity index (χ2v) is 6.51. The van der Waals surface area contributed by atoms with Crippen molar-refractivity contribution >= 4 is 56.6 Å². The fourth-order valence-corrected chi connectivity index (χ4v) is 1.96. The van der Waals surface area contributed by atoms with E-state index in [1.54, 1.807) is 0 Å². The lowest BCUT2D eigenvalue weighted by Crippen LogP contribution is -2.18. The number of nitrogens with zero attached hydrogens (tertiary/aromatic N) is 1. The molecule has 0 amide bonds. The fourth-order valence-electron chi connectivity index (χ4n) is 1.38. The van der Waals surface area contributed by atoms with Crippen LogP contribution in [0.5, 0.6) is 0 Å². The summed E-state index contributed by atoms with van der Waals surface area (Å²) in [5.41, 5.74) is 1.03. The van der Waals surface area contributed by atoms with Crippen molar-refractivity contribution in [3.05, 3.63) is 34.3 Å². The fraction of sp³-hybridized carbons (Fsp3) is 0.300. The van der Waals surface area contributed by atoms with E-state index < -0.39 is 3.79 Å². The van der Waals surface area contributed by atoms with Gasteiger partial charge in [0.15, 0.2) is 0 Å². The zero-order valence-corrected chi connectivity index (χ0v) is 11.8. The highest BCUT2D eigenvalue weighted by Gasteiger charge is 2.35. The molecule has 0 aliphatic carbocycles. The van der Waals surface area contributed by atoms with Gasteiger partial charge >= 0.3 is 0 Å². The number of hydrogen-bond acceptors (Lipinski definition) is 2. The first kappa shape index (κ1) is 12.5. The molecule has 1 aromatic rings. The van der Waals surface area contributed by atoms with Gasteiger partial charge in [0.05, 0.1) is 0 Å². The first-order valence-corrected chi connectivity index (χ1v) is 6.43. The molecule has 0 saturated carbocycles. The number of ether oxygens (including phenoxy) is 1. The molecular weight excluding hydrogens is 336 g/mol. The summed E-state index contributed by atoms with van der Waals surface area (Å²) in [6.45, 7) is 0.408. The molecule has 1 unspecified atom stereocenters. The van der Waals surface area contributed by atoms with E-state index >= 15 is 0 Å². The Labute approximate surface area is 117 Å². The average Bonchev–Trinajstić information content (AvgIpc) is 2.67. The third-order valence-corrected chi connectivity index (χ3v) is 3.16. The van der Waals surface area contributed by atoms with Crippen molar-refractivity contribution in [2.75, 3.05) is 6.61 Å². The number of aliphatic imine (C=N–C) groups is 1. The van der Waals surface area contributed by atoms with Gasteiger partial charge in [0.1, 0.15) is 12.6 Å². The topological polar surface area (TPSA) is 21.6 Å². The monoisotopic (exact) mass is 341 g/mol. The normalized spacial score (nSPS) is 20.5. The van der Waals surface area contributed by atoms with E-state index in [1.807, 2.05) is 24.3 Å². The molecule has 0 fully saturated rings. The van der Waals surface area contributed by atoms with Crippen LogP contribution in [-0.2, 0) is 4.74 Å². The van der Waals surface area contributed by atoms with Crippen molar-refractivity contribution in [2.45, 2.75) is 9.83 Å². The van der Waals surface area contributed by atoms with Crippen LogP contribution in [0.4, 0.5) is 0 Å². The van der Waals surface area contributed by atoms with Gasteiger partial charge < -0.3 is 4.74 Å². The highest BCUT2D eigenvalue weighted by Crippen LogP contribution is 2.34. The van der Waals surface area contributed by atoms with Gasteiger partial charge in [0.25, 0.3) is 3.79 Å². The quantitative estimate of drug-likeness (QED) is 0.697. The molecule has 0 bridgehead atoms. The Hall–Kier alpha value is 0.0400. The first-order chi connectivity index (χ1) is 7.47. The Morgan fingerprint density at radius 3 is 2.38 bits per heavy atom. The van der Waals surface area contributed by atoms with Crippen molar-refractivity contribution in [1.82, 2.24) is 0 Å². The minimum Gasteiger partial charge on any atom is -0.475 e. The van der Waals surface area contributed by atoms with E-state index in [0.29, 0.717) is 6.61 Å². The molecule has 1 aliphatic rings. The average molecular weight is 343 g/mol. The first-order valence-electron chi connectivity index (χ1n) is 4.50. The Balaban J connectivity index is 2.20. The summed E-state index contributed by atoms with van der Waals surface area (Å²) in [6, 6.07) is 7.71. The summed E-state index contributed by atoms with van der Waals surface area (Å²) in [5, 5.41) is 0. The maximum atomic E-state index is 5.69. The molecule has 2 nitrogen and oxygen atoms in total. The van der Waals surface area contributed by atoms with Crippen molar-refractivity contribution in [1.29, 1.82) is 0 Å². The number of rotatable bonds is 1. The van der Waals surface area contributed by atoms with Crippen LogP contribution >= 0.6 is 50.7 Å². The van der Waals surface area contributed by atoms with Gasteiger partial charge in [-0.15, -0.1) is 0 Å². The standard InChI is InChI=1S/C10H7BrCl3NO/c11-7-3-1-6(2-4-7)8-5-16-9(15-8)10(12,13)14/h1-4,8H,5H2. The number of halogens is 4. The largest absolute Gasteiger partial charge is 0.475 e. The predicted octanol–water partition coefficient (Wildman–Crippen LogP) is 4.29. The van der Waals surface area contributed by atoms with Gasteiger partial charge in [0, 0.05) is 4.47 Å². The Morgan fingerprint density at radius 2 is 1.88 bits per heavy atom. The second kappa shape index (κ2) is 4.73. The second-order valence-electron chi connectivity index (χ2n) is 3.31. The summed E-state index contributed by atoms with van der Waals surface area (Å²) in [5.74, 6) is 0.158. The molecule has 1 aliphatic heterocycles. The van der Waals surface area contributed by atoms with Crippen LogP contribution in [0.2, 0.25) is 0 Å². The molecule has 86 valence electrons. The van der Waals surface area contributed by atoms with E-state index in [1.165, 1.54) is 0 Å². The lowest BCUT2D eigenvalue weighted by atomic mass is 10.1. The number of benzene rings is 1. The molecule has 1 heterocycles. The molecule has 0 spiro atoms. The summed E-state index contributed by atoms with van der Waals surface area (Å²) in [6.07, 6.45) is 0. The van der Waals surface area contributed by atoms with Crippen molar-refractivity contribution in [3.63, 3.8) is 0 Å². The van der Waals surface area contributed by atoms with Gasteiger partial charge in [0.2, 0.25) is 5.90 Å². The zero-order chi connectivity index (χ0) is 11.8. The Bertz CT molecular complexity index is 413. The summed E-state index contributed by atoms with van der Waals surface area (Å²) in [4.78, 5) is 4.24. The molecule has 1 aromatic carbocycles. The maximum Gasteiger partial charge on any atom is 0.266 e.